The second-order valence-electron chi connectivity index (χ2n) is 6.36. The van der Waals surface area contributed by atoms with E-state index in [9.17, 15) is 9.59 Å². The van der Waals surface area contributed by atoms with Gasteiger partial charge >= 0.3 is 5.97 Å². The zero-order valence-electron chi connectivity index (χ0n) is 16.4. The normalized spacial score (nSPS) is 10.6. The lowest BCUT2D eigenvalue weighted by Gasteiger charge is -2.09. The third-order valence-electron chi connectivity index (χ3n) is 4.10. The zero-order chi connectivity index (χ0) is 21.6. The Labute approximate surface area is 186 Å². The van der Waals surface area contributed by atoms with Crippen LogP contribution >= 0.6 is 23.1 Å². The number of nitrogens with zero attached hydrogens (tertiary/aromatic N) is 2. The number of benzene rings is 2. The maximum absolute atomic E-state index is 12.7. The van der Waals surface area contributed by atoms with E-state index in [-0.39, 0.29) is 5.91 Å². The summed E-state index contributed by atoms with van der Waals surface area (Å²) in [6, 6.07) is 17.4. The molecule has 0 spiro atoms. The Balaban J connectivity index is 1.39. The Morgan fingerprint density at radius 2 is 1.90 bits per heavy atom. The highest BCUT2D eigenvalue weighted by Crippen LogP contribution is 2.27. The topological polar surface area (TPSA) is 94.3 Å². The number of rotatable bonds is 7. The minimum absolute atomic E-state index is 0.178. The monoisotopic (exact) mass is 451 g/mol. The third kappa shape index (κ3) is 5.39. The molecular formula is C22H17N3O4S2. The summed E-state index contributed by atoms with van der Waals surface area (Å²) in [4.78, 5) is 30.4. The minimum Gasteiger partial charge on any atom is -0.423 e. The predicted octanol–water partition coefficient (Wildman–Crippen LogP) is 5.20. The number of hydrogen-bond donors (Lipinski definition) is 1. The van der Waals surface area contributed by atoms with E-state index in [0.717, 1.165) is 4.90 Å². The molecule has 2 aromatic carbocycles. The molecule has 0 saturated heterocycles. The SMILES string of the molecule is Cc1nc(CSc2ccccc2C(=O)Oc2ccc(NC(=O)c3cccs3)cc2)no1. The van der Waals surface area contributed by atoms with Gasteiger partial charge in [-0.3, -0.25) is 4.79 Å². The van der Waals surface area contributed by atoms with Crippen LogP contribution in [0.3, 0.4) is 0 Å². The second kappa shape index (κ2) is 9.59. The Hall–Kier alpha value is -3.43. The second-order valence-corrected chi connectivity index (χ2v) is 8.32. The number of amides is 1. The number of carbonyl (C=O) groups is 2. The Morgan fingerprint density at radius 1 is 1.10 bits per heavy atom. The largest absolute Gasteiger partial charge is 0.423 e. The van der Waals surface area contributed by atoms with Gasteiger partial charge in [-0.05, 0) is 47.8 Å². The van der Waals surface area contributed by atoms with Gasteiger partial charge in [-0.15, -0.1) is 23.1 Å². The van der Waals surface area contributed by atoms with Crippen molar-refractivity contribution in [3.8, 4) is 5.75 Å². The van der Waals surface area contributed by atoms with Crippen molar-refractivity contribution in [2.45, 2.75) is 17.6 Å². The molecular weight excluding hydrogens is 434 g/mol. The van der Waals surface area contributed by atoms with E-state index in [1.807, 2.05) is 23.6 Å². The molecule has 0 fully saturated rings. The van der Waals surface area contributed by atoms with E-state index < -0.39 is 5.97 Å². The summed E-state index contributed by atoms with van der Waals surface area (Å²) in [5.74, 6) is 1.27. The standard InChI is InChI=1S/C22H17N3O4S2/c1-14-23-20(25-29-14)13-31-18-6-3-2-5-17(18)22(27)28-16-10-8-15(9-11-16)24-21(26)19-7-4-12-30-19/h2-12H,13H2,1H3,(H,24,26). The van der Waals surface area contributed by atoms with E-state index in [1.54, 1.807) is 49.4 Å². The van der Waals surface area contributed by atoms with Gasteiger partial charge in [0.1, 0.15) is 5.75 Å². The molecule has 0 atom stereocenters. The highest BCUT2D eigenvalue weighted by molar-refractivity contribution is 7.98. The van der Waals surface area contributed by atoms with Crippen molar-refractivity contribution in [2.24, 2.45) is 0 Å². The first-order valence-corrected chi connectivity index (χ1v) is 11.1. The Morgan fingerprint density at radius 3 is 2.61 bits per heavy atom. The van der Waals surface area contributed by atoms with Crippen molar-refractivity contribution >= 4 is 40.7 Å². The van der Waals surface area contributed by atoms with Crippen LogP contribution in [-0.4, -0.2) is 22.0 Å². The maximum Gasteiger partial charge on any atom is 0.344 e. The van der Waals surface area contributed by atoms with Crippen LogP contribution < -0.4 is 10.1 Å². The van der Waals surface area contributed by atoms with Crippen LogP contribution in [0.5, 0.6) is 5.75 Å². The van der Waals surface area contributed by atoms with Crippen molar-refractivity contribution in [3.05, 3.63) is 88.2 Å². The molecule has 1 amide bonds. The Kier molecular flexibility index (Phi) is 6.44. The molecule has 9 heteroatoms. The molecule has 4 rings (SSSR count). The fourth-order valence-corrected chi connectivity index (χ4v) is 4.17. The lowest BCUT2D eigenvalue weighted by Crippen LogP contribution is -2.11. The van der Waals surface area contributed by atoms with Crippen molar-refractivity contribution in [3.63, 3.8) is 0 Å². The van der Waals surface area contributed by atoms with Gasteiger partial charge in [0.15, 0.2) is 5.82 Å². The predicted molar refractivity (Wildman–Crippen MR) is 119 cm³/mol. The summed E-state index contributed by atoms with van der Waals surface area (Å²) in [6.45, 7) is 1.73. The average Bonchev–Trinajstić information content (AvgIpc) is 3.46. The number of ether oxygens (including phenoxy) is 1. The van der Waals surface area contributed by atoms with Crippen LogP contribution in [0.2, 0.25) is 0 Å². The maximum atomic E-state index is 12.7. The van der Waals surface area contributed by atoms with E-state index in [1.165, 1.54) is 23.1 Å². The lowest BCUT2D eigenvalue weighted by atomic mass is 10.2. The van der Waals surface area contributed by atoms with Crippen molar-refractivity contribution < 1.29 is 18.8 Å². The molecule has 0 aliphatic rings. The smallest absolute Gasteiger partial charge is 0.344 e. The van der Waals surface area contributed by atoms with E-state index in [0.29, 0.717) is 39.3 Å². The number of thiophene rings is 1. The van der Waals surface area contributed by atoms with Gasteiger partial charge in [-0.2, -0.15) is 4.98 Å². The van der Waals surface area contributed by atoms with E-state index >= 15 is 0 Å². The lowest BCUT2D eigenvalue weighted by molar-refractivity contribution is 0.0731. The molecule has 7 nitrogen and oxygen atoms in total. The molecule has 0 aliphatic heterocycles. The summed E-state index contributed by atoms with van der Waals surface area (Å²) in [5.41, 5.74) is 1.06. The van der Waals surface area contributed by atoms with Gasteiger partial charge in [0.25, 0.3) is 5.91 Å². The first kappa shape index (κ1) is 20.8. The average molecular weight is 452 g/mol. The van der Waals surface area contributed by atoms with Crippen LogP contribution in [0.1, 0.15) is 31.7 Å². The molecule has 0 saturated carbocycles. The number of aryl methyl sites for hydroxylation is 1. The van der Waals surface area contributed by atoms with Gasteiger partial charge in [0.2, 0.25) is 5.89 Å². The fourth-order valence-electron chi connectivity index (χ4n) is 2.67. The number of thioether (sulfide) groups is 1. The summed E-state index contributed by atoms with van der Waals surface area (Å²) in [5, 5.41) is 8.52. The summed E-state index contributed by atoms with van der Waals surface area (Å²) in [7, 11) is 0. The summed E-state index contributed by atoms with van der Waals surface area (Å²) < 4.78 is 10.5. The van der Waals surface area contributed by atoms with E-state index in [4.69, 9.17) is 9.26 Å². The number of hydrogen-bond acceptors (Lipinski definition) is 8. The van der Waals surface area contributed by atoms with Crippen LogP contribution in [0.15, 0.2) is 75.5 Å². The number of anilines is 1. The third-order valence-corrected chi connectivity index (χ3v) is 6.04. The van der Waals surface area contributed by atoms with Crippen molar-refractivity contribution in [1.29, 1.82) is 0 Å². The van der Waals surface area contributed by atoms with Gasteiger partial charge in [-0.1, -0.05) is 23.4 Å². The number of nitrogens with one attached hydrogen (secondary N) is 1. The molecule has 156 valence electrons. The number of esters is 1. The molecule has 2 aromatic heterocycles. The molecule has 2 heterocycles. The Bertz CT molecular complexity index is 1190. The summed E-state index contributed by atoms with van der Waals surface area (Å²) in [6.07, 6.45) is 0. The number of carbonyl (C=O) groups excluding carboxylic acids is 2. The van der Waals surface area contributed by atoms with Gasteiger partial charge in [0, 0.05) is 17.5 Å². The molecule has 0 bridgehead atoms. The molecule has 0 aliphatic carbocycles. The van der Waals surface area contributed by atoms with Gasteiger partial charge in [-0.25, -0.2) is 4.79 Å². The zero-order valence-corrected chi connectivity index (χ0v) is 18.0. The first-order valence-electron chi connectivity index (χ1n) is 9.26. The van der Waals surface area contributed by atoms with Crippen molar-refractivity contribution in [2.75, 3.05) is 5.32 Å². The number of aromatic nitrogens is 2. The van der Waals surface area contributed by atoms with Gasteiger partial charge in [0.05, 0.1) is 16.2 Å². The van der Waals surface area contributed by atoms with Crippen LogP contribution in [0.4, 0.5) is 5.69 Å². The first-order chi connectivity index (χ1) is 15.1. The minimum atomic E-state index is -0.470. The molecule has 0 radical (unpaired) electrons. The van der Waals surface area contributed by atoms with Crippen LogP contribution in [0.25, 0.3) is 0 Å². The summed E-state index contributed by atoms with van der Waals surface area (Å²) >= 11 is 2.80. The molecule has 4 aromatic rings. The van der Waals surface area contributed by atoms with Crippen LogP contribution in [0, 0.1) is 6.92 Å². The van der Waals surface area contributed by atoms with E-state index in [2.05, 4.69) is 15.5 Å². The highest BCUT2D eigenvalue weighted by atomic mass is 32.2. The molecule has 1 N–H and O–H groups in total. The van der Waals surface area contributed by atoms with Gasteiger partial charge < -0.3 is 14.6 Å². The quantitative estimate of drug-likeness (QED) is 0.234. The fraction of sp³-hybridized carbons (Fsp3) is 0.0909. The molecule has 31 heavy (non-hydrogen) atoms. The highest BCUT2D eigenvalue weighted by Gasteiger charge is 2.15. The van der Waals surface area contributed by atoms with Crippen LogP contribution in [-0.2, 0) is 5.75 Å². The molecule has 0 unspecified atom stereocenters. The van der Waals surface area contributed by atoms with Crippen molar-refractivity contribution in [1.82, 2.24) is 10.1 Å².